The summed E-state index contributed by atoms with van der Waals surface area (Å²) in [7, 11) is 0. The molecule has 1 saturated heterocycles. The fourth-order valence-corrected chi connectivity index (χ4v) is 3.88. The van der Waals surface area contributed by atoms with Crippen LogP contribution in [0.3, 0.4) is 0 Å². The molecule has 3 heterocycles. The van der Waals surface area contributed by atoms with Crippen LogP contribution in [-0.4, -0.2) is 45.6 Å². The molecule has 2 bridgehead atoms. The molecule has 2 amide bonds. The van der Waals surface area contributed by atoms with E-state index < -0.39 is 52.4 Å². The molecule has 158 valence electrons. The number of aromatic hydroxyl groups is 1. The smallest absolute Gasteiger partial charge is 0.274 e. The summed E-state index contributed by atoms with van der Waals surface area (Å²) >= 11 is 0. The average Bonchev–Trinajstić information content (AvgIpc) is 2.87. The van der Waals surface area contributed by atoms with Gasteiger partial charge in [0.1, 0.15) is 23.4 Å². The van der Waals surface area contributed by atoms with Crippen molar-refractivity contribution in [2.45, 2.75) is 31.6 Å². The normalized spacial score (nSPS) is 20.5. The predicted octanol–water partition coefficient (Wildman–Crippen LogP) is 1.89. The van der Waals surface area contributed by atoms with E-state index in [1.165, 1.54) is 15.7 Å². The van der Waals surface area contributed by atoms with Crippen molar-refractivity contribution in [1.82, 2.24) is 14.8 Å². The lowest BCUT2D eigenvalue weighted by atomic mass is 10.1. The number of hydrogen-bond acceptors (Lipinski definition) is 4. The predicted molar refractivity (Wildman–Crippen MR) is 99.0 cm³/mol. The van der Waals surface area contributed by atoms with Gasteiger partial charge in [0.15, 0.2) is 11.4 Å². The van der Waals surface area contributed by atoms with E-state index in [1.807, 2.05) is 0 Å². The summed E-state index contributed by atoms with van der Waals surface area (Å²) in [6, 6.07) is 2.47. The highest BCUT2D eigenvalue weighted by Gasteiger charge is 2.38. The van der Waals surface area contributed by atoms with E-state index in [0.29, 0.717) is 12.5 Å². The highest BCUT2D eigenvalue weighted by atomic mass is 19.1. The van der Waals surface area contributed by atoms with Crippen LogP contribution >= 0.6 is 0 Å². The first kappa shape index (κ1) is 20.0. The van der Waals surface area contributed by atoms with Gasteiger partial charge in [0.05, 0.1) is 12.6 Å². The van der Waals surface area contributed by atoms with Crippen LogP contribution in [0.25, 0.3) is 0 Å². The molecule has 0 unspecified atom stereocenters. The average molecular weight is 421 g/mol. The van der Waals surface area contributed by atoms with Gasteiger partial charge in [-0.2, -0.15) is 0 Å². The van der Waals surface area contributed by atoms with Crippen LogP contribution in [0.1, 0.15) is 45.3 Å². The fourth-order valence-electron chi connectivity index (χ4n) is 3.88. The highest BCUT2D eigenvalue weighted by Crippen LogP contribution is 2.32. The molecule has 0 radical (unpaired) electrons. The van der Waals surface area contributed by atoms with Crippen molar-refractivity contribution in [3.8, 4) is 5.75 Å². The van der Waals surface area contributed by atoms with Crippen LogP contribution in [0.4, 0.5) is 13.2 Å². The van der Waals surface area contributed by atoms with E-state index >= 15 is 0 Å². The Morgan fingerprint density at radius 3 is 2.70 bits per heavy atom. The minimum Gasteiger partial charge on any atom is -0.503 e. The minimum absolute atomic E-state index is 0.00982. The largest absolute Gasteiger partial charge is 0.503 e. The Morgan fingerprint density at radius 2 is 1.97 bits per heavy atom. The molecule has 4 rings (SSSR count). The maximum absolute atomic E-state index is 13.9. The van der Waals surface area contributed by atoms with E-state index in [-0.39, 0.29) is 37.3 Å². The quantitative estimate of drug-likeness (QED) is 0.792. The van der Waals surface area contributed by atoms with Gasteiger partial charge in [-0.25, -0.2) is 13.2 Å². The van der Waals surface area contributed by atoms with Gasteiger partial charge in [-0.3, -0.25) is 14.4 Å². The van der Waals surface area contributed by atoms with Crippen molar-refractivity contribution >= 4 is 11.8 Å². The Balaban J connectivity index is 1.66. The number of rotatable bonds is 3. The van der Waals surface area contributed by atoms with Gasteiger partial charge < -0.3 is 19.9 Å². The van der Waals surface area contributed by atoms with Crippen molar-refractivity contribution in [3.05, 3.63) is 63.1 Å². The lowest BCUT2D eigenvalue weighted by Crippen LogP contribution is -2.45. The number of amides is 2. The second kappa shape index (κ2) is 7.51. The Morgan fingerprint density at radius 1 is 1.20 bits per heavy atom. The van der Waals surface area contributed by atoms with E-state index in [4.69, 9.17) is 0 Å². The van der Waals surface area contributed by atoms with Crippen molar-refractivity contribution in [2.24, 2.45) is 0 Å². The summed E-state index contributed by atoms with van der Waals surface area (Å²) in [4.78, 5) is 39.0. The van der Waals surface area contributed by atoms with Gasteiger partial charge in [-0.15, -0.1) is 0 Å². The number of nitrogens with one attached hydrogen (secondary N) is 1. The molecule has 30 heavy (non-hydrogen) atoms. The number of carbonyl (C=O) groups excluding carboxylic acids is 2. The first-order chi connectivity index (χ1) is 14.3. The maximum atomic E-state index is 13.9. The third-order valence-electron chi connectivity index (χ3n) is 5.46. The van der Waals surface area contributed by atoms with Gasteiger partial charge in [0.2, 0.25) is 5.43 Å². The Kier molecular flexibility index (Phi) is 5.00. The van der Waals surface area contributed by atoms with Gasteiger partial charge >= 0.3 is 0 Å². The zero-order chi connectivity index (χ0) is 21.6. The van der Waals surface area contributed by atoms with E-state index in [0.717, 1.165) is 12.1 Å². The molecule has 10 heteroatoms. The molecule has 0 saturated carbocycles. The lowest BCUT2D eigenvalue weighted by Gasteiger charge is -2.34. The Hall–Kier alpha value is -3.30. The summed E-state index contributed by atoms with van der Waals surface area (Å²) < 4.78 is 42.0. The van der Waals surface area contributed by atoms with Gasteiger partial charge in [0, 0.05) is 30.9 Å². The van der Waals surface area contributed by atoms with Gasteiger partial charge in [-0.05, 0) is 18.9 Å². The molecule has 0 spiro atoms. The summed E-state index contributed by atoms with van der Waals surface area (Å²) in [6.45, 7) is -0.225. The third kappa shape index (κ3) is 3.42. The van der Waals surface area contributed by atoms with Crippen molar-refractivity contribution < 1.29 is 27.9 Å². The SMILES string of the molecule is O=C(NCc1ccc(F)cc1F)c1cn2c(c(O)c1=O)C(=O)N1C[C@H](F)CC[C@@H]2C1. The number of hydrogen-bond donors (Lipinski definition) is 2. The summed E-state index contributed by atoms with van der Waals surface area (Å²) in [5, 5.41) is 12.7. The highest BCUT2D eigenvalue weighted by molar-refractivity contribution is 5.99. The number of alkyl halides is 1. The zero-order valence-electron chi connectivity index (χ0n) is 15.7. The molecule has 2 aliphatic rings. The molecule has 1 fully saturated rings. The topological polar surface area (TPSA) is 91.6 Å². The van der Waals surface area contributed by atoms with Crippen LogP contribution in [0.15, 0.2) is 29.2 Å². The first-order valence-electron chi connectivity index (χ1n) is 9.40. The fraction of sp³-hybridized carbons (Fsp3) is 0.350. The van der Waals surface area contributed by atoms with E-state index in [2.05, 4.69) is 5.32 Å². The van der Waals surface area contributed by atoms with Crippen LogP contribution < -0.4 is 10.7 Å². The van der Waals surface area contributed by atoms with Crippen LogP contribution in [0, 0.1) is 11.6 Å². The summed E-state index contributed by atoms with van der Waals surface area (Å²) in [5.41, 5.74) is -1.74. The number of benzene rings is 1. The van der Waals surface area contributed by atoms with E-state index in [1.54, 1.807) is 0 Å². The standard InChI is InChI=1S/C20H18F3N3O4/c21-11-2-1-10(15(23)5-11)6-24-19(29)14-9-26-13-4-3-12(22)7-25(8-13)20(30)16(26)18(28)17(14)27/h1-2,5,9,12-13,28H,3-4,6-8H2,(H,24,29)/t12-,13-/m1/s1. The first-order valence-corrected chi connectivity index (χ1v) is 9.40. The molecule has 2 aromatic rings. The lowest BCUT2D eigenvalue weighted by molar-refractivity contribution is 0.0646. The van der Waals surface area contributed by atoms with Crippen LogP contribution in [-0.2, 0) is 6.54 Å². The van der Waals surface area contributed by atoms with Crippen molar-refractivity contribution in [1.29, 1.82) is 0 Å². The maximum Gasteiger partial charge on any atom is 0.274 e. The number of aromatic nitrogens is 1. The molecule has 7 nitrogen and oxygen atoms in total. The molecule has 2 aliphatic heterocycles. The monoisotopic (exact) mass is 421 g/mol. The summed E-state index contributed by atoms with van der Waals surface area (Å²) in [5.74, 6) is -4.07. The third-order valence-corrected chi connectivity index (χ3v) is 5.46. The number of halogens is 3. The number of fused-ring (bicyclic) bond motifs is 4. The van der Waals surface area contributed by atoms with Crippen LogP contribution in [0.2, 0.25) is 0 Å². The zero-order valence-corrected chi connectivity index (χ0v) is 15.7. The molecule has 2 atom stereocenters. The summed E-state index contributed by atoms with van der Waals surface area (Å²) in [6.07, 6.45) is 0.525. The Labute approximate surface area is 168 Å². The molecule has 0 aliphatic carbocycles. The van der Waals surface area contributed by atoms with Crippen molar-refractivity contribution in [3.63, 3.8) is 0 Å². The second-order valence-electron chi connectivity index (χ2n) is 7.43. The van der Waals surface area contributed by atoms with Gasteiger partial charge in [0.25, 0.3) is 11.8 Å². The minimum atomic E-state index is -1.21. The Bertz CT molecular complexity index is 1100. The molecule has 1 aromatic carbocycles. The van der Waals surface area contributed by atoms with Crippen LogP contribution in [0.5, 0.6) is 5.75 Å². The number of pyridine rings is 1. The number of nitrogens with zero attached hydrogens (tertiary/aromatic N) is 2. The van der Waals surface area contributed by atoms with Crippen molar-refractivity contribution in [2.75, 3.05) is 13.1 Å². The molecule has 1 aromatic heterocycles. The molecular formula is C20H18F3N3O4. The van der Waals surface area contributed by atoms with E-state index in [9.17, 15) is 32.7 Å². The second-order valence-corrected chi connectivity index (χ2v) is 7.43. The number of carbonyl (C=O) groups is 2. The van der Waals surface area contributed by atoms with Gasteiger partial charge in [-0.1, -0.05) is 6.07 Å². The molecular weight excluding hydrogens is 403 g/mol. The molecule has 2 N–H and O–H groups in total.